The van der Waals surface area contributed by atoms with Gasteiger partial charge in [0.25, 0.3) is 0 Å². The third-order valence-electron chi connectivity index (χ3n) is 2.35. The minimum Gasteiger partial charge on any atom is -0.384 e. The number of hydrogen-bond donors (Lipinski definition) is 2. The second-order valence-corrected chi connectivity index (χ2v) is 4.86. The molecule has 4 heteroatoms. The van der Waals surface area contributed by atoms with E-state index in [2.05, 4.69) is 16.4 Å². The summed E-state index contributed by atoms with van der Waals surface area (Å²) in [5.74, 6) is 0.597. The average Bonchev–Trinajstić information content (AvgIpc) is 2.23. The van der Waals surface area contributed by atoms with E-state index in [0.717, 1.165) is 18.3 Å². The summed E-state index contributed by atoms with van der Waals surface area (Å²) in [7, 11) is 0. The lowest BCUT2D eigenvalue weighted by atomic mass is 10.2. The Balaban J connectivity index is 1.92. The molecule has 76 valence electrons. The van der Waals surface area contributed by atoms with Gasteiger partial charge in [-0.2, -0.15) is 0 Å². The van der Waals surface area contributed by atoms with E-state index in [1.54, 1.807) is 0 Å². The Kier molecular flexibility index (Phi) is 3.26. The van der Waals surface area contributed by atoms with Gasteiger partial charge < -0.3 is 11.1 Å². The maximum atomic E-state index is 5.53. The predicted molar refractivity (Wildman–Crippen MR) is 60.4 cm³/mol. The van der Waals surface area contributed by atoms with Gasteiger partial charge in [-0.1, -0.05) is 0 Å². The van der Waals surface area contributed by atoms with Gasteiger partial charge in [0, 0.05) is 16.3 Å². The second kappa shape index (κ2) is 4.66. The van der Waals surface area contributed by atoms with Crippen LogP contribution in [0.5, 0.6) is 0 Å². The molecule has 2 heterocycles. The summed E-state index contributed by atoms with van der Waals surface area (Å²) in [4.78, 5) is 5.31. The van der Waals surface area contributed by atoms with Crippen molar-refractivity contribution in [1.82, 2.24) is 10.3 Å². The van der Waals surface area contributed by atoms with Gasteiger partial charge in [-0.05, 0) is 38.1 Å². The monoisotopic (exact) mass is 209 g/mol. The summed E-state index contributed by atoms with van der Waals surface area (Å²) in [6.07, 6.45) is 4.35. The number of anilines is 1. The molecule has 0 aromatic carbocycles. The van der Waals surface area contributed by atoms with Crippen molar-refractivity contribution in [3.8, 4) is 0 Å². The molecule has 1 aromatic heterocycles. The maximum absolute atomic E-state index is 5.53. The van der Waals surface area contributed by atoms with E-state index in [0.29, 0.717) is 5.82 Å². The van der Waals surface area contributed by atoms with E-state index >= 15 is 0 Å². The Hall–Kier alpha value is -0.740. The third kappa shape index (κ3) is 2.62. The topological polar surface area (TPSA) is 50.9 Å². The van der Waals surface area contributed by atoms with Gasteiger partial charge in [0.05, 0.1) is 0 Å². The van der Waals surface area contributed by atoms with Crippen molar-refractivity contribution in [3.63, 3.8) is 0 Å². The van der Waals surface area contributed by atoms with Crippen LogP contribution in [0.25, 0.3) is 0 Å². The fourth-order valence-corrected chi connectivity index (χ4v) is 2.68. The number of hydrogen-bond acceptors (Lipinski definition) is 4. The van der Waals surface area contributed by atoms with Crippen molar-refractivity contribution in [1.29, 1.82) is 0 Å². The number of nitrogens with one attached hydrogen (secondary N) is 1. The molecule has 3 N–H and O–H groups in total. The van der Waals surface area contributed by atoms with Crippen molar-refractivity contribution < 1.29 is 0 Å². The molecular weight excluding hydrogens is 194 g/mol. The summed E-state index contributed by atoms with van der Waals surface area (Å²) in [6, 6.07) is 3.92. The standard InChI is InChI=1S/C10H15N3S/c11-10-2-1-9(7-13-10)14-8-3-5-12-6-4-8/h1-2,7-8,12H,3-6H2,(H2,11,13). The molecule has 0 bridgehead atoms. The maximum Gasteiger partial charge on any atom is 0.123 e. The van der Waals surface area contributed by atoms with Crippen LogP contribution < -0.4 is 11.1 Å². The highest BCUT2D eigenvalue weighted by atomic mass is 32.2. The van der Waals surface area contributed by atoms with Gasteiger partial charge in [-0.25, -0.2) is 4.98 Å². The van der Waals surface area contributed by atoms with Crippen molar-refractivity contribution in [3.05, 3.63) is 18.3 Å². The Labute approximate surface area is 88.5 Å². The lowest BCUT2D eigenvalue weighted by molar-refractivity contribution is 0.531. The molecule has 1 aliphatic rings. The van der Waals surface area contributed by atoms with Gasteiger partial charge in [0.2, 0.25) is 0 Å². The first-order chi connectivity index (χ1) is 6.84. The van der Waals surface area contributed by atoms with Gasteiger partial charge >= 0.3 is 0 Å². The molecule has 0 atom stereocenters. The van der Waals surface area contributed by atoms with Gasteiger partial charge in [0.15, 0.2) is 0 Å². The number of nitrogens with zero attached hydrogens (tertiary/aromatic N) is 1. The molecular formula is C10H15N3S. The van der Waals surface area contributed by atoms with Crippen LogP contribution in [-0.4, -0.2) is 23.3 Å². The Morgan fingerprint density at radius 2 is 2.14 bits per heavy atom. The largest absolute Gasteiger partial charge is 0.384 e. The normalized spacial score (nSPS) is 18.3. The van der Waals surface area contributed by atoms with E-state index < -0.39 is 0 Å². The van der Waals surface area contributed by atoms with E-state index in [1.165, 1.54) is 17.7 Å². The van der Waals surface area contributed by atoms with E-state index in [1.807, 2.05) is 24.0 Å². The van der Waals surface area contributed by atoms with E-state index in [9.17, 15) is 0 Å². The molecule has 1 aliphatic heterocycles. The molecule has 3 nitrogen and oxygen atoms in total. The van der Waals surface area contributed by atoms with Crippen LogP contribution in [-0.2, 0) is 0 Å². The van der Waals surface area contributed by atoms with Gasteiger partial charge in [0.1, 0.15) is 5.82 Å². The van der Waals surface area contributed by atoms with Crippen LogP contribution in [0.1, 0.15) is 12.8 Å². The molecule has 14 heavy (non-hydrogen) atoms. The second-order valence-electron chi connectivity index (χ2n) is 3.49. The highest BCUT2D eigenvalue weighted by Gasteiger charge is 2.13. The number of pyridine rings is 1. The quantitative estimate of drug-likeness (QED) is 0.775. The van der Waals surface area contributed by atoms with Crippen LogP contribution in [0.3, 0.4) is 0 Å². The first-order valence-corrected chi connectivity index (χ1v) is 5.81. The lowest BCUT2D eigenvalue weighted by Crippen LogP contribution is -2.29. The summed E-state index contributed by atoms with van der Waals surface area (Å²) < 4.78 is 0. The number of nitrogen functional groups attached to an aromatic ring is 1. The number of rotatable bonds is 2. The molecule has 1 fully saturated rings. The van der Waals surface area contributed by atoms with Gasteiger partial charge in [-0.15, -0.1) is 11.8 Å². The van der Waals surface area contributed by atoms with Crippen LogP contribution in [0.4, 0.5) is 5.82 Å². The van der Waals surface area contributed by atoms with E-state index in [4.69, 9.17) is 5.73 Å². The zero-order chi connectivity index (χ0) is 9.80. The molecule has 1 saturated heterocycles. The summed E-state index contributed by atoms with van der Waals surface area (Å²) in [5, 5.41) is 4.10. The number of piperidine rings is 1. The highest BCUT2D eigenvalue weighted by Crippen LogP contribution is 2.28. The SMILES string of the molecule is Nc1ccc(SC2CCNCC2)cn1. The van der Waals surface area contributed by atoms with Crippen LogP contribution in [0.2, 0.25) is 0 Å². The third-order valence-corrected chi connectivity index (χ3v) is 3.67. The zero-order valence-electron chi connectivity index (χ0n) is 8.07. The molecule has 0 spiro atoms. The molecule has 1 aromatic rings. The van der Waals surface area contributed by atoms with Crippen molar-refractivity contribution >= 4 is 17.6 Å². The minimum absolute atomic E-state index is 0.597. The Morgan fingerprint density at radius 3 is 2.79 bits per heavy atom. The molecule has 0 amide bonds. The van der Waals surface area contributed by atoms with Crippen LogP contribution in [0.15, 0.2) is 23.2 Å². The first-order valence-electron chi connectivity index (χ1n) is 4.93. The average molecular weight is 209 g/mol. The van der Waals surface area contributed by atoms with Crippen molar-refractivity contribution in [2.24, 2.45) is 0 Å². The summed E-state index contributed by atoms with van der Waals surface area (Å²) in [6.45, 7) is 2.28. The van der Waals surface area contributed by atoms with Crippen LogP contribution in [0, 0.1) is 0 Å². The zero-order valence-corrected chi connectivity index (χ0v) is 8.89. The molecule has 0 aliphatic carbocycles. The number of aromatic nitrogens is 1. The number of nitrogens with two attached hydrogens (primary N) is 1. The van der Waals surface area contributed by atoms with Crippen molar-refractivity contribution in [2.75, 3.05) is 18.8 Å². The predicted octanol–water partition coefficient (Wildman–Crippen LogP) is 1.51. The molecule has 0 radical (unpaired) electrons. The highest BCUT2D eigenvalue weighted by molar-refractivity contribution is 8.00. The fraction of sp³-hybridized carbons (Fsp3) is 0.500. The van der Waals surface area contributed by atoms with E-state index in [-0.39, 0.29) is 0 Å². The molecule has 0 unspecified atom stereocenters. The Bertz CT molecular complexity index is 280. The number of thioether (sulfide) groups is 1. The first kappa shape index (κ1) is 9.80. The summed E-state index contributed by atoms with van der Waals surface area (Å²) in [5.41, 5.74) is 5.53. The molecule has 0 saturated carbocycles. The molecule has 2 rings (SSSR count). The Morgan fingerprint density at radius 1 is 1.36 bits per heavy atom. The summed E-state index contributed by atoms with van der Waals surface area (Å²) >= 11 is 1.92. The smallest absolute Gasteiger partial charge is 0.123 e. The van der Waals surface area contributed by atoms with Gasteiger partial charge in [-0.3, -0.25) is 0 Å². The minimum atomic E-state index is 0.597. The van der Waals surface area contributed by atoms with Crippen molar-refractivity contribution in [2.45, 2.75) is 23.0 Å². The fourth-order valence-electron chi connectivity index (χ4n) is 1.57. The van der Waals surface area contributed by atoms with Crippen LogP contribution >= 0.6 is 11.8 Å². The lowest BCUT2D eigenvalue weighted by Gasteiger charge is -2.21.